The lowest BCUT2D eigenvalue weighted by molar-refractivity contribution is 0.0697. The van der Waals surface area contributed by atoms with Gasteiger partial charge in [0, 0.05) is 0 Å². The minimum absolute atomic E-state index is 0.118. The summed E-state index contributed by atoms with van der Waals surface area (Å²) >= 11 is 0. The quantitative estimate of drug-likeness (QED) is 0.756. The fourth-order valence-electron chi connectivity index (χ4n) is 3.10. The molecule has 19 heavy (non-hydrogen) atoms. The fraction of sp³-hybridized carbons (Fsp3) is 0.235. The smallest absolute Gasteiger partial charge is 0.161 e. The van der Waals surface area contributed by atoms with Crippen LogP contribution in [0.2, 0.25) is 0 Å². The molecule has 1 aliphatic carbocycles. The van der Waals surface area contributed by atoms with Crippen LogP contribution < -0.4 is 0 Å². The number of oxime groups is 1. The van der Waals surface area contributed by atoms with Gasteiger partial charge in [0.05, 0.1) is 11.6 Å². The van der Waals surface area contributed by atoms with Gasteiger partial charge in [-0.15, -0.1) is 0 Å². The molecule has 0 saturated carbocycles. The van der Waals surface area contributed by atoms with Gasteiger partial charge < -0.3 is 4.84 Å². The van der Waals surface area contributed by atoms with Crippen LogP contribution in [0.1, 0.15) is 28.4 Å². The van der Waals surface area contributed by atoms with Crippen LogP contribution in [-0.4, -0.2) is 5.71 Å². The topological polar surface area (TPSA) is 21.6 Å². The molecule has 1 aliphatic heterocycles. The Morgan fingerprint density at radius 2 is 1.84 bits per heavy atom. The Labute approximate surface area is 112 Å². The standard InChI is InChI=1S/C17H15NO/c1-11-6-8-12(9-7-11)16-15-10-13-4-2-3-5-14(13)17(15)19-18-16/h2-9,15,17H,10H2,1H3. The van der Waals surface area contributed by atoms with Gasteiger partial charge in [-0.05, 0) is 30.0 Å². The zero-order valence-corrected chi connectivity index (χ0v) is 10.8. The van der Waals surface area contributed by atoms with Crippen molar-refractivity contribution in [3.05, 3.63) is 70.8 Å². The fourth-order valence-corrected chi connectivity index (χ4v) is 3.10. The van der Waals surface area contributed by atoms with E-state index in [0.29, 0.717) is 5.92 Å². The molecule has 2 aromatic rings. The highest BCUT2D eigenvalue weighted by Crippen LogP contribution is 2.44. The van der Waals surface area contributed by atoms with Gasteiger partial charge in [-0.1, -0.05) is 59.3 Å². The molecule has 2 atom stereocenters. The summed E-state index contributed by atoms with van der Waals surface area (Å²) in [5.74, 6) is 0.375. The molecule has 0 spiro atoms. The molecule has 0 amide bonds. The van der Waals surface area contributed by atoms with Crippen molar-refractivity contribution in [3.63, 3.8) is 0 Å². The van der Waals surface area contributed by atoms with E-state index in [-0.39, 0.29) is 6.10 Å². The van der Waals surface area contributed by atoms with Gasteiger partial charge in [-0.25, -0.2) is 0 Å². The number of rotatable bonds is 1. The second kappa shape index (κ2) is 3.95. The molecule has 0 saturated heterocycles. The second-order valence-electron chi connectivity index (χ2n) is 5.38. The van der Waals surface area contributed by atoms with Crippen LogP contribution in [0.15, 0.2) is 53.7 Å². The average Bonchev–Trinajstić information content (AvgIpc) is 2.98. The minimum atomic E-state index is 0.118. The molecule has 4 rings (SSSR count). The lowest BCUT2D eigenvalue weighted by Crippen LogP contribution is -2.14. The van der Waals surface area contributed by atoms with Gasteiger partial charge in [0.1, 0.15) is 0 Å². The summed E-state index contributed by atoms with van der Waals surface area (Å²) < 4.78 is 0. The van der Waals surface area contributed by atoms with Crippen LogP contribution in [0.5, 0.6) is 0 Å². The molecule has 1 heterocycles. The van der Waals surface area contributed by atoms with E-state index in [0.717, 1.165) is 12.1 Å². The summed E-state index contributed by atoms with van der Waals surface area (Å²) in [4.78, 5) is 5.69. The molecule has 2 nitrogen and oxygen atoms in total. The first-order valence-electron chi connectivity index (χ1n) is 6.71. The van der Waals surface area contributed by atoms with Crippen LogP contribution in [0.3, 0.4) is 0 Å². The largest absolute Gasteiger partial charge is 0.387 e. The number of fused-ring (bicyclic) bond motifs is 3. The van der Waals surface area contributed by atoms with E-state index in [9.17, 15) is 0 Å². The van der Waals surface area contributed by atoms with E-state index in [1.165, 1.54) is 22.3 Å². The van der Waals surface area contributed by atoms with Crippen molar-refractivity contribution in [1.29, 1.82) is 0 Å². The van der Waals surface area contributed by atoms with Crippen molar-refractivity contribution >= 4 is 5.71 Å². The Balaban J connectivity index is 1.70. The first-order valence-corrected chi connectivity index (χ1v) is 6.71. The van der Waals surface area contributed by atoms with Crippen molar-refractivity contribution in [2.75, 3.05) is 0 Å². The second-order valence-corrected chi connectivity index (χ2v) is 5.38. The monoisotopic (exact) mass is 249 g/mol. The SMILES string of the molecule is Cc1ccc(C2=NOC3c4ccccc4CC23)cc1. The average molecular weight is 249 g/mol. The number of nitrogens with zero attached hydrogens (tertiary/aromatic N) is 1. The van der Waals surface area contributed by atoms with Crippen LogP contribution in [0, 0.1) is 12.8 Å². The van der Waals surface area contributed by atoms with Crippen LogP contribution in [0.4, 0.5) is 0 Å². The highest BCUT2D eigenvalue weighted by atomic mass is 16.6. The van der Waals surface area contributed by atoms with Crippen molar-refractivity contribution in [1.82, 2.24) is 0 Å². The molecule has 0 aromatic heterocycles. The van der Waals surface area contributed by atoms with Crippen LogP contribution in [0.25, 0.3) is 0 Å². The van der Waals surface area contributed by atoms with E-state index >= 15 is 0 Å². The van der Waals surface area contributed by atoms with Gasteiger partial charge in [0.25, 0.3) is 0 Å². The molecule has 0 fully saturated rings. The predicted octanol–water partition coefficient (Wildman–Crippen LogP) is 3.64. The Morgan fingerprint density at radius 3 is 2.68 bits per heavy atom. The third-order valence-corrected chi connectivity index (χ3v) is 4.13. The van der Waals surface area contributed by atoms with Crippen molar-refractivity contribution in [3.8, 4) is 0 Å². The molecule has 0 N–H and O–H groups in total. The van der Waals surface area contributed by atoms with Crippen LogP contribution in [-0.2, 0) is 11.3 Å². The Bertz CT molecular complexity index is 657. The van der Waals surface area contributed by atoms with Crippen molar-refractivity contribution in [2.24, 2.45) is 11.1 Å². The third-order valence-electron chi connectivity index (χ3n) is 4.13. The number of hydrogen-bond donors (Lipinski definition) is 0. The summed E-state index contributed by atoms with van der Waals surface area (Å²) in [6, 6.07) is 17.1. The summed E-state index contributed by atoms with van der Waals surface area (Å²) in [5.41, 5.74) is 6.26. The summed E-state index contributed by atoms with van der Waals surface area (Å²) in [6.07, 6.45) is 1.15. The van der Waals surface area contributed by atoms with Gasteiger partial charge in [0.2, 0.25) is 0 Å². The number of benzene rings is 2. The molecule has 94 valence electrons. The summed E-state index contributed by atoms with van der Waals surface area (Å²) in [5, 5.41) is 4.34. The van der Waals surface area contributed by atoms with E-state index < -0.39 is 0 Å². The van der Waals surface area contributed by atoms with E-state index in [2.05, 4.69) is 60.6 Å². The summed E-state index contributed by atoms with van der Waals surface area (Å²) in [6.45, 7) is 2.10. The maximum absolute atomic E-state index is 5.69. The number of hydrogen-bond acceptors (Lipinski definition) is 2. The van der Waals surface area contributed by atoms with Crippen LogP contribution >= 0.6 is 0 Å². The molecule has 0 bridgehead atoms. The molecule has 2 heteroatoms. The minimum Gasteiger partial charge on any atom is -0.387 e. The van der Waals surface area contributed by atoms with E-state index in [1.807, 2.05) is 0 Å². The molecule has 2 aromatic carbocycles. The highest BCUT2D eigenvalue weighted by molar-refractivity contribution is 6.03. The Hall–Kier alpha value is -2.09. The summed E-state index contributed by atoms with van der Waals surface area (Å²) in [7, 11) is 0. The molecular weight excluding hydrogens is 234 g/mol. The van der Waals surface area contributed by atoms with Gasteiger partial charge in [-0.3, -0.25) is 0 Å². The number of aryl methyl sites for hydroxylation is 1. The maximum Gasteiger partial charge on any atom is 0.161 e. The maximum atomic E-state index is 5.69. The first kappa shape index (κ1) is 10.8. The lowest BCUT2D eigenvalue weighted by Gasteiger charge is -2.09. The molecule has 0 radical (unpaired) electrons. The molecule has 2 unspecified atom stereocenters. The van der Waals surface area contributed by atoms with Gasteiger partial charge in [-0.2, -0.15) is 0 Å². The highest BCUT2D eigenvalue weighted by Gasteiger charge is 2.42. The zero-order valence-electron chi connectivity index (χ0n) is 10.8. The first-order chi connectivity index (χ1) is 9.33. The Morgan fingerprint density at radius 1 is 1.05 bits per heavy atom. The van der Waals surface area contributed by atoms with Gasteiger partial charge in [0.15, 0.2) is 6.10 Å². The van der Waals surface area contributed by atoms with Gasteiger partial charge >= 0.3 is 0 Å². The third kappa shape index (κ3) is 1.60. The lowest BCUT2D eigenvalue weighted by atomic mass is 9.92. The zero-order chi connectivity index (χ0) is 12.8. The van der Waals surface area contributed by atoms with E-state index in [4.69, 9.17) is 4.84 Å². The molecular formula is C17H15NO. The predicted molar refractivity (Wildman–Crippen MR) is 75.2 cm³/mol. The van der Waals surface area contributed by atoms with Crippen molar-refractivity contribution in [2.45, 2.75) is 19.4 Å². The normalized spacial score (nSPS) is 23.5. The molecule has 2 aliphatic rings. The van der Waals surface area contributed by atoms with E-state index in [1.54, 1.807) is 0 Å². The van der Waals surface area contributed by atoms with Crippen molar-refractivity contribution < 1.29 is 4.84 Å². The Kier molecular flexibility index (Phi) is 2.25.